The lowest BCUT2D eigenvalue weighted by molar-refractivity contribution is 0.0681. The maximum Gasteiger partial charge on any atom is 0.425 e. The summed E-state index contributed by atoms with van der Waals surface area (Å²) in [7, 11) is 0. The molecule has 0 atom stereocenters. The summed E-state index contributed by atoms with van der Waals surface area (Å²) in [5, 5.41) is 7.33. The summed E-state index contributed by atoms with van der Waals surface area (Å²) >= 11 is 0. The molecule has 6 heteroatoms. The molecular formula is C10H18N2O4. The zero-order valence-electron chi connectivity index (χ0n) is 10.2. The SMILES string of the molecule is CC(=N)N(C(=O)OC(C)C)C(=O)OC(C)C. The molecule has 6 nitrogen and oxygen atoms in total. The molecule has 0 aliphatic heterocycles. The zero-order valence-corrected chi connectivity index (χ0v) is 10.2. The molecule has 0 aromatic rings. The number of amides is 2. The van der Waals surface area contributed by atoms with Gasteiger partial charge in [0.2, 0.25) is 0 Å². The van der Waals surface area contributed by atoms with Crippen LogP contribution in [0.25, 0.3) is 0 Å². The molecule has 0 heterocycles. The number of nitrogens with one attached hydrogen (secondary N) is 1. The molecule has 0 bridgehead atoms. The Bertz CT molecular complexity index is 265. The third-order valence-corrected chi connectivity index (χ3v) is 1.37. The molecule has 0 aliphatic carbocycles. The second kappa shape index (κ2) is 6.09. The Hall–Kier alpha value is -1.59. The highest BCUT2D eigenvalue weighted by molar-refractivity contribution is 6.06. The summed E-state index contributed by atoms with van der Waals surface area (Å²) in [6.45, 7) is 7.93. The highest BCUT2D eigenvalue weighted by Crippen LogP contribution is 2.04. The van der Waals surface area contributed by atoms with Crippen LogP contribution in [0, 0.1) is 5.41 Å². The van der Waals surface area contributed by atoms with Crippen molar-refractivity contribution in [1.82, 2.24) is 4.90 Å². The van der Waals surface area contributed by atoms with Crippen molar-refractivity contribution in [2.24, 2.45) is 0 Å². The van der Waals surface area contributed by atoms with Crippen molar-refractivity contribution in [3.63, 3.8) is 0 Å². The van der Waals surface area contributed by atoms with Crippen molar-refractivity contribution in [3.8, 4) is 0 Å². The molecule has 16 heavy (non-hydrogen) atoms. The molecule has 1 N–H and O–H groups in total. The van der Waals surface area contributed by atoms with Crippen molar-refractivity contribution >= 4 is 18.0 Å². The van der Waals surface area contributed by atoms with Gasteiger partial charge >= 0.3 is 12.2 Å². The minimum Gasteiger partial charge on any atom is -0.446 e. The lowest BCUT2D eigenvalue weighted by Gasteiger charge is -2.20. The molecule has 0 saturated heterocycles. The predicted molar refractivity (Wildman–Crippen MR) is 58.5 cm³/mol. The van der Waals surface area contributed by atoms with Crippen LogP contribution in [0.2, 0.25) is 0 Å². The van der Waals surface area contributed by atoms with E-state index >= 15 is 0 Å². The molecule has 0 spiro atoms. The Morgan fingerprint density at radius 2 is 1.31 bits per heavy atom. The summed E-state index contributed by atoms with van der Waals surface area (Å²) in [4.78, 5) is 23.5. The molecule has 92 valence electrons. The van der Waals surface area contributed by atoms with E-state index < -0.39 is 12.2 Å². The molecule has 0 saturated carbocycles. The van der Waals surface area contributed by atoms with Gasteiger partial charge in [0.25, 0.3) is 0 Å². The van der Waals surface area contributed by atoms with Crippen LogP contribution in [0.3, 0.4) is 0 Å². The average molecular weight is 230 g/mol. The van der Waals surface area contributed by atoms with Gasteiger partial charge in [0.15, 0.2) is 0 Å². The molecule has 0 aromatic heterocycles. The minimum absolute atomic E-state index is 0.240. The van der Waals surface area contributed by atoms with Gasteiger partial charge in [-0.05, 0) is 34.6 Å². The Kier molecular flexibility index (Phi) is 5.49. The van der Waals surface area contributed by atoms with E-state index in [1.54, 1.807) is 27.7 Å². The molecule has 0 rings (SSSR count). The van der Waals surface area contributed by atoms with E-state index in [1.165, 1.54) is 6.92 Å². The standard InChI is InChI=1S/C10H18N2O4/c1-6(2)15-9(13)12(8(5)11)10(14)16-7(3)4/h6-7,11H,1-5H3. The summed E-state index contributed by atoms with van der Waals surface area (Å²) < 4.78 is 9.64. The van der Waals surface area contributed by atoms with Gasteiger partial charge in [-0.1, -0.05) is 0 Å². The Morgan fingerprint density at radius 1 is 1.00 bits per heavy atom. The summed E-state index contributed by atoms with van der Waals surface area (Å²) in [6, 6.07) is 0. The first-order valence-corrected chi connectivity index (χ1v) is 5.02. The molecule has 0 aromatic carbocycles. The number of hydrogen-bond donors (Lipinski definition) is 1. The van der Waals surface area contributed by atoms with Crippen LogP contribution < -0.4 is 0 Å². The van der Waals surface area contributed by atoms with Crippen molar-refractivity contribution in [3.05, 3.63) is 0 Å². The van der Waals surface area contributed by atoms with Gasteiger partial charge in [0.1, 0.15) is 5.84 Å². The van der Waals surface area contributed by atoms with E-state index in [0.29, 0.717) is 4.90 Å². The lowest BCUT2D eigenvalue weighted by atomic mass is 10.5. The summed E-state index contributed by atoms with van der Waals surface area (Å²) in [5.74, 6) is -0.240. The quantitative estimate of drug-likeness (QED) is 0.583. The largest absolute Gasteiger partial charge is 0.446 e. The first-order chi connectivity index (χ1) is 7.25. The molecule has 0 unspecified atom stereocenters. The fourth-order valence-electron chi connectivity index (χ4n) is 0.857. The molecule has 0 radical (unpaired) electrons. The Labute approximate surface area is 95.0 Å². The minimum atomic E-state index is -0.895. The van der Waals surface area contributed by atoms with Crippen LogP contribution in [-0.2, 0) is 9.47 Å². The highest BCUT2D eigenvalue weighted by atomic mass is 16.6. The van der Waals surface area contributed by atoms with Gasteiger partial charge in [-0.3, -0.25) is 5.41 Å². The number of ether oxygens (including phenoxy) is 2. The van der Waals surface area contributed by atoms with Crippen LogP contribution >= 0.6 is 0 Å². The van der Waals surface area contributed by atoms with Crippen LogP contribution in [0.15, 0.2) is 0 Å². The second-order valence-electron chi connectivity index (χ2n) is 3.79. The molecule has 0 fully saturated rings. The monoisotopic (exact) mass is 230 g/mol. The Morgan fingerprint density at radius 3 is 1.50 bits per heavy atom. The number of rotatable bonds is 2. The summed E-state index contributed by atoms with van der Waals surface area (Å²) in [5.41, 5.74) is 0. The van der Waals surface area contributed by atoms with Crippen LogP contribution in [-0.4, -0.2) is 35.1 Å². The van der Waals surface area contributed by atoms with Crippen LogP contribution in [0.1, 0.15) is 34.6 Å². The second-order valence-corrected chi connectivity index (χ2v) is 3.79. The number of carbonyl (C=O) groups is 2. The van der Waals surface area contributed by atoms with Gasteiger partial charge in [-0.25, -0.2) is 9.59 Å². The van der Waals surface area contributed by atoms with E-state index in [9.17, 15) is 9.59 Å². The Balaban J connectivity index is 4.67. The van der Waals surface area contributed by atoms with E-state index in [2.05, 4.69) is 0 Å². The maximum atomic E-state index is 11.5. The fraction of sp³-hybridized carbons (Fsp3) is 0.700. The van der Waals surface area contributed by atoms with E-state index in [-0.39, 0.29) is 18.0 Å². The van der Waals surface area contributed by atoms with Crippen LogP contribution in [0.4, 0.5) is 9.59 Å². The first-order valence-electron chi connectivity index (χ1n) is 5.02. The van der Waals surface area contributed by atoms with Crippen LogP contribution in [0.5, 0.6) is 0 Å². The summed E-state index contributed by atoms with van der Waals surface area (Å²) in [6.07, 6.45) is -2.51. The van der Waals surface area contributed by atoms with E-state index in [1.807, 2.05) is 0 Å². The van der Waals surface area contributed by atoms with Crippen molar-refractivity contribution in [1.29, 1.82) is 5.41 Å². The number of carbonyl (C=O) groups excluding carboxylic acids is 2. The van der Waals surface area contributed by atoms with E-state index in [4.69, 9.17) is 14.9 Å². The normalized spacial score (nSPS) is 10.2. The zero-order chi connectivity index (χ0) is 12.9. The average Bonchev–Trinajstić information content (AvgIpc) is 1.98. The predicted octanol–water partition coefficient (Wildman–Crippen LogP) is 2.38. The van der Waals surface area contributed by atoms with Gasteiger partial charge in [0.05, 0.1) is 12.2 Å². The van der Waals surface area contributed by atoms with Crippen molar-refractivity contribution < 1.29 is 19.1 Å². The van der Waals surface area contributed by atoms with Gasteiger partial charge < -0.3 is 9.47 Å². The third kappa shape index (κ3) is 4.77. The van der Waals surface area contributed by atoms with Gasteiger partial charge in [-0.15, -0.1) is 0 Å². The number of nitrogens with zero attached hydrogens (tertiary/aromatic N) is 1. The fourth-order valence-corrected chi connectivity index (χ4v) is 0.857. The molecular weight excluding hydrogens is 212 g/mol. The van der Waals surface area contributed by atoms with Crippen molar-refractivity contribution in [2.45, 2.75) is 46.8 Å². The maximum absolute atomic E-state index is 11.5. The third-order valence-electron chi connectivity index (χ3n) is 1.37. The number of hydrogen-bond acceptors (Lipinski definition) is 5. The topological polar surface area (TPSA) is 79.7 Å². The smallest absolute Gasteiger partial charge is 0.425 e. The number of amidine groups is 1. The van der Waals surface area contributed by atoms with Gasteiger partial charge in [0, 0.05) is 0 Å². The number of imide groups is 1. The van der Waals surface area contributed by atoms with E-state index in [0.717, 1.165) is 0 Å². The molecule has 0 aliphatic rings. The van der Waals surface area contributed by atoms with Gasteiger partial charge in [-0.2, -0.15) is 4.90 Å². The first kappa shape index (κ1) is 14.4. The lowest BCUT2D eigenvalue weighted by Crippen LogP contribution is -2.42. The highest BCUT2D eigenvalue weighted by Gasteiger charge is 2.27. The molecule has 2 amide bonds. The van der Waals surface area contributed by atoms with Crippen molar-refractivity contribution in [2.75, 3.05) is 0 Å².